The van der Waals surface area contributed by atoms with Crippen LogP contribution in [0.4, 0.5) is 29.3 Å². The molecule has 2 heterocycles. The van der Waals surface area contributed by atoms with E-state index < -0.39 is 29.4 Å². The van der Waals surface area contributed by atoms with Crippen molar-refractivity contribution in [1.82, 2.24) is 4.90 Å². The van der Waals surface area contributed by atoms with Crippen molar-refractivity contribution in [3.8, 4) is 5.75 Å². The van der Waals surface area contributed by atoms with Crippen LogP contribution in [-0.4, -0.2) is 49.3 Å². The first-order valence-corrected chi connectivity index (χ1v) is 11.4. The summed E-state index contributed by atoms with van der Waals surface area (Å²) in [5.41, 5.74) is 4.93. The number of amides is 3. The van der Waals surface area contributed by atoms with E-state index in [-0.39, 0.29) is 29.9 Å². The van der Waals surface area contributed by atoms with E-state index in [1.807, 2.05) is 4.90 Å². The number of urea groups is 1. The van der Waals surface area contributed by atoms with E-state index in [1.54, 1.807) is 24.3 Å². The predicted octanol–water partition coefficient (Wildman–Crippen LogP) is 4.36. The summed E-state index contributed by atoms with van der Waals surface area (Å²) in [6, 6.07) is 9.29. The van der Waals surface area contributed by atoms with Crippen LogP contribution in [0.2, 0.25) is 0 Å². The van der Waals surface area contributed by atoms with Gasteiger partial charge in [-0.05, 0) is 49.6 Å². The molecule has 8 nitrogen and oxygen atoms in total. The van der Waals surface area contributed by atoms with Crippen LogP contribution >= 0.6 is 0 Å². The quantitative estimate of drug-likeness (QED) is 0.511. The minimum atomic E-state index is -4.71. The Morgan fingerprint density at radius 2 is 1.81 bits per heavy atom. The maximum Gasteiger partial charge on any atom is 0.418 e. The second kappa shape index (κ2) is 9.92. The minimum Gasteiger partial charge on any atom is -0.497 e. The number of carbonyl (C=O) groups is 2. The van der Waals surface area contributed by atoms with E-state index >= 15 is 0 Å². The van der Waals surface area contributed by atoms with Gasteiger partial charge in [-0.3, -0.25) is 15.1 Å². The molecule has 0 aromatic heterocycles. The van der Waals surface area contributed by atoms with E-state index in [1.165, 1.54) is 19.2 Å². The Morgan fingerprint density at radius 3 is 2.44 bits per heavy atom. The average Bonchev–Trinajstić information content (AvgIpc) is 3.53. The summed E-state index contributed by atoms with van der Waals surface area (Å²) in [5, 5.41) is 11.0. The number of nitrogens with two attached hydrogens (primary N) is 1. The summed E-state index contributed by atoms with van der Waals surface area (Å²) in [5.74, 6) is -0.458. The molecular formula is C25H26F3N5O3. The predicted molar refractivity (Wildman–Crippen MR) is 129 cm³/mol. The molecule has 2 aliphatic heterocycles. The van der Waals surface area contributed by atoms with Crippen LogP contribution in [0.3, 0.4) is 0 Å². The summed E-state index contributed by atoms with van der Waals surface area (Å²) in [7, 11) is 1.47. The lowest BCUT2D eigenvalue weighted by Crippen LogP contribution is -2.37. The van der Waals surface area contributed by atoms with Crippen molar-refractivity contribution in [3.63, 3.8) is 0 Å². The van der Waals surface area contributed by atoms with E-state index in [0.717, 1.165) is 23.8 Å². The van der Waals surface area contributed by atoms with Crippen LogP contribution in [-0.2, 0) is 11.0 Å². The molecule has 0 saturated carbocycles. The average molecular weight is 502 g/mol. The van der Waals surface area contributed by atoms with E-state index in [4.69, 9.17) is 15.9 Å². The molecule has 11 heteroatoms. The number of benzene rings is 2. The second-order valence-electron chi connectivity index (χ2n) is 8.55. The Kier molecular flexibility index (Phi) is 6.91. The van der Waals surface area contributed by atoms with Gasteiger partial charge in [-0.25, -0.2) is 4.79 Å². The molecule has 0 aliphatic carbocycles. The number of primary amides is 1. The van der Waals surface area contributed by atoms with Gasteiger partial charge in [-0.15, -0.1) is 0 Å². The van der Waals surface area contributed by atoms with E-state index in [9.17, 15) is 22.8 Å². The molecule has 0 bridgehead atoms. The number of anilines is 2. The van der Waals surface area contributed by atoms with E-state index in [2.05, 4.69) is 5.32 Å². The van der Waals surface area contributed by atoms with E-state index in [0.29, 0.717) is 30.1 Å². The maximum atomic E-state index is 13.8. The standard InChI is InChI=1S/C25H26F3N5O3/c1-36-17-6-4-5-15(13-17)21(29)18-9-12-33(24(30)35)22(18)23(34)31-20-14-16(32-10-2-3-11-32)7-8-19(20)25(26,27)28/h4-8,13-14,29H,2-3,9-12H2,1H3,(H2,30,35)(H,31,34). The summed E-state index contributed by atoms with van der Waals surface area (Å²) in [6.45, 7) is 1.45. The Hall–Kier alpha value is -4.02. The number of alkyl halides is 3. The molecule has 190 valence electrons. The number of hydrogen-bond acceptors (Lipinski definition) is 5. The first-order chi connectivity index (χ1) is 17.1. The molecule has 4 rings (SSSR count). The molecule has 3 amide bonds. The molecule has 2 aromatic carbocycles. The Labute approximate surface area is 206 Å². The summed E-state index contributed by atoms with van der Waals surface area (Å²) in [6.07, 6.45) is -2.71. The number of nitrogens with zero attached hydrogens (tertiary/aromatic N) is 2. The Bertz CT molecular complexity index is 1240. The molecule has 0 atom stereocenters. The fourth-order valence-electron chi connectivity index (χ4n) is 4.53. The summed E-state index contributed by atoms with van der Waals surface area (Å²) >= 11 is 0. The minimum absolute atomic E-state index is 0.0275. The topological polar surface area (TPSA) is 112 Å². The smallest absolute Gasteiger partial charge is 0.418 e. The van der Waals surface area contributed by atoms with Gasteiger partial charge < -0.3 is 20.7 Å². The number of rotatable bonds is 6. The molecule has 1 saturated heterocycles. The fourth-order valence-corrected chi connectivity index (χ4v) is 4.53. The SMILES string of the molecule is COc1cccc(C(=N)C2=C(C(=O)Nc3cc(N4CCCC4)ccc3C(F)(F)F)N(C(N)=O)CC2)c1. The molecule has 4 N–H and O–H groups in total. The van der Waals surface area contributed by atoms with Crippen LogP contribution in [0.1, 0.15) is 30.4 Å². The third-order valence-corrected chi connectivity index (χ3v) is 6.31. The van der Waals surface area contributed by atoms with Gasteiger partial charge in [0.05, 0.1) is 24.1 Å². The van der Waals surface area contributed by atoms with Gasteiger partial charge in [0.25, 0.3) is 5.91 Å². The molecule has 1 fully saturated rings. The third-order valence-electron chi connectivity index (χ3n) is 6.31. The highest BCUT2D eigenvalue weighted by Gasteiger charge is 2.37. The molecule has 0 radical (unpaired) electrons. The highest BCUT2D eigenvalue weighted by atomic mass is 19.4. The van der Waals surface area contributed by atoms with Crippen molar-refractivity contribution in [2.75, 3.05) is 37.0 Å². The lowest BCUT2D eigenvalue weighted by Gasteiger charge is -2.23. The molecule has 2 aromatic rings. The largest absolute Gasteiger partial charge is 0.497 e. The van der Waals surface area contributed by atoms with Crippen LogP contribution in [0.5, 0.6) is 5.75 Å². The zero-order valence-electron chi connectivity index (χ0n) is 19.6. The third kappa shape index (κ3) is 5.00. The number of hydrogen-bond donors (Lipinski definition) is 3. The maximum absolute atomic E-state index is 13.8. The van der Waals surface area contributed by atoms with Gasteiger partial charge in [-0.1, -0.05) is 12.1 Å². The number of methoxy groups -OCH3 is 1. The Morgan fingerprint density at radius 1 is 1.08 bits per heavy atom. The zero-order valence-corrected chi connectivity index (χ0v) is 19.6. The van der Waals surface area contributed by atoms with Crippen LogP contribution in [0.15, 0.2) is 53.7 Å². The number of ether oxygens (including phenoxy) is 1. The number of nitrogens with one attached hydrogen (secondary N) is 2. The Balaban J connectivity index is 1.74. The van der Waals surface area contributed by atoms with Crippen molar-refractivity contribution < 1.29 is 27.5 Å². The van der Waals surface area contributed by atoms with Gasteiger partial charge in [0.2, 0.25) is 0 Å². The fraction of sp³-hybridized carbons (Fsp3) is 0.320. The van der Waals surface area contributed by atoms with Crippen molar-refractivity contribution in [2.45, 2.75) is 25.4 Å². The van der Waals surface area contributed by atoms with Crippen molar-refractivity contribution in [2.24, 2.45) is 5.73 Å². The molecular weight excluding hydrogens is 475 g/mol. The van der Waals surface area contributed by atoms with Crippen molar-refractivity contribution >= 4 is 29.0 Å². The van der Waals surface area contributed by atoms with Crippen molar-refractivity contribution in [1.29, 1.82) is 5.41 Å². The van der Waals surface area contributed by atoms with Gasteiger partial charge in [0, 0.05) is 36.5 Å². The van der Waals surface area contributed by atoms with Gasteiger partial charge >= 0.3 is 12.2 Å². The van der Waals surface area contributed by atoms with Gasteiger partial charge in [0.1, 0.15) is 11.4 Å². The first kappa shape index (κ1) is 25.1. The van der Waals surface area contributed by atoms with Crippen molar-refractivity contribution in [3.05, 3.63) is 64.9 Å². The van der Waals surface area contributed by atoms with Gasteiger partial charge in [0.15, 0.2) is 0 Å². The molecule has 36 heavy (non-hydrogen) atoms. The summed E-state index contributed by atoms with van der Waals surface area (Å²) < 4.78 is 46.5. The van der Waals surface area contributed by atoms with Crippen LogP contribution < -0.4 is 20.7 Å². The number of carbonyl (C=O) groups excluding carboxylic acids is 2. The first-order valence-electron chi connectivity index (χ1n) is 11.4. The highest BCUT2D eigenvalue weighted by Crippen LogP contribution is 2.38. The second-order valence-corrected chi connectivity index (χ2v) is 8.55. The normalized spacial score (nSPS) is 15.9. The molecule has 0 spiro atoms. The number of halogens is 3. The molecule has 2 aliphatic rings. The highest BCUT2D eigenvalue weighted by molar-refractivity contribution is 6.18. The summed E-state index contributed by atoms with van der Waals surface area (Å²) in [4.78, 5) is 28.4. The van der Waals surface area contributed by atoms with Crippen LogP contribution in [0.25, 0.3) is 0 Å². The van der Waals surface area contributed by atoms with Gasteiger partial charge in [-0.2, -0.15) is 13.2 Å². The lowest BCUT2D eigenvalue weighted by atomic mass is 9.99. The zero-order chi connectivity index (χ0) is 26.0. The molecule has 0 unspecified atom stereocenters. The monoisotopic (exact) mass is 501 g/mol. The van der Waals surface area contributed by atoms with Crippen LogP contribution in [0, 0.1) is 5.41 Å². The lowest BCUT2D eigenvalue weighted by molar-refractivity contribution is -0.137.